The summed E-state index contributed by atoms with van der Waals surface area (Å²) < 4.78 is 10.7. The highest BCUT2D eigenvalue weighted by Gasteiger charge is 2.21. The van der Waals surface area contributed by atoms with E-state index in [0.29, 0.717) is 45.0 Å². The fourth-order valence-corrected chi connectivity index (χ4v) is 3.14. The van der Waals surface area contributed by atoms with Gasteiger partial charge in [-0.15, -0.1) is 0 Å². The van der Waals surface area contributed by atoms with Crippen LogP contribution < -0.4 is 14.4 Å². The summed E-state index contributed by atoms with van der Waals surface area (Å²) in [4.78, 5) is 27.5. The first-order valence-corrected chi connectivity index (χ1v) is 9.20. The Bertz CT molecular complexity index is 814. The Morgan fingerprint density at radius 1 is 1.00 bits per heavy atom. The van der Waals surface area contributed by atoms with Crippen LogP contribution in [-0.4, -0.2) is 61.8 Å². The molecule has 0 aromatic heterocycles. The first-order chi connectivity index (χ1) is 13.6. The molecule has 28 heavy (non-hydrogen) atoms. The number of nitrogens with zero attached hydrogens (tertiary/aromatic N) is 2. The number of anilines is 1. The van der Waals surface area contributed by atoms with Crippen molar-refractivity contribution >= 4 is 17.6 Å². The summed E-state index contributed by atoms with van der Waals surface area (Å²) in [6.45, 7) is 2.89. The van der Waals surface area contributed by atoms with Gasteiger partial charge in [0.1, 0.15) is 11.5 Å². The lowest BCUT2D eigenvalue weighted by Crippen LogP contribution is -2.49. The van der Waals surface area contributed by atoms with Gasteiger partial charge in [0.15, 0.2) is 0 Å². The molecule has 1 saturated heterocycles. The Morgan fingerprint density at radius 3 is 2.32 bits per heavy atom. The molecular weight excluding hydrogens is 360 g/mol. The summed E-state index contributed by atoms with van der Waals surface area (Å²) in [5.74, 6) is 0.590. The number of carboxylic acids is 1. The number of amides is 1. The van der Waals surface area contributed by atoms with Crippen molar-refractivity contribution < 1.29 is 24.2 Å². The average Bonchev–Trinajstić information content (AvgIpc) is 2.74. The molecule has 7 nitrogen and oxygen atoms in total. The predicted octanol–water partition coefficient (Wildman–Crippen LogP) is 2.51. The fraction of sp³-hybridized carbons (Fsp3) is 0.333. The summed E-state index contributed by atoms with van der Waals surface area (Å²) in [5.41, 5.74) is 1.14. The molecule has 1 aliphatic rings. The molecule has 1 fully saturated rings. The van der Waals surface area contributed by atoms with Gasteiger partial charge in [0.25, 0.3) is 0 Å². The molecule has 2 aromatic rings. The molecule has 1 amide bonds. The van der Waals surface area contributed by atoms with Crippen molar-refractivity contribution in [3.05, 3.63) is 54.1 Å². The van der Waals surface area contributed by atoms with Crippen molar-refractivity contribution in [2.75, 3.05) is 44.8 Å². The van der Waals surface area contributed by atoms with Crippen LogP contribution in [-0.2, 0) is 4.79 Å². The minimum atomic E-state index is -0.937. The normalized spacial score (nSPS) is 13.9. The average molecular weight is 384 g/mol. The molecule has 1 N–H and O–H groups in total. The summed E-state index contributed by atoms with van der Waals surface area (Å²) in [6, 6.07) is 14.1. The van der Waals surface area contributed by atoms with Crippen molar-refractivity contribution in [3.8, 4) is 11.5 Å². The van der Waals surface area contributed by atoms with Crippen LogP contribution in [0.1, 0.15) is 16.8 Å². The number of carbonyl (C=O) groups excluding carboxylic acids is 1. The smallest absolute Gasteiger partial charge is 0.335 e. The van der Waals surface area contributed by atoms with Crippen LogP contribution in [0.15, 0.2) is 48.5 Å². The number of carboxylic acid groups (broad SMARTS) is 1. The quantitative estimate of drug-likeness (QED) is 0.790. The highest BCUT2D eigenvalue weighted by molar-refractivity contribution is 5.88. The van der Waals surface area contributed by atoms with E-state index in [4.69, 9.17) is 14.6 Å². The zero-order valence-corrected chi connectivity index (χ0v) is 15.8. The molecule has 0 spiro atoms. The second-order valence-corrected chi connectivity index (χ2v) is 6.50. The summed E-state index contributed by atoms with van der Waals surface area (Å²) in [5, 5.41) is 9.12. The van der Waals surface area contributed by atoms with Gasteiger partial charge in [-0.1, -0.05) is 6.07 Å². The number of hydrogen-bond acceptors (Lipinski definition) is 5. The zero-order valence-electron chi connectivity index (χ0n) is 15.8. The van der Waals surface area contributed by atoms with Gasteiger partial charge in [0, 0.05) is 31.9 Å². The first-order valence-electron chi connectivity index (χ1n) is 9.20. The minimum absolute atomic E-state index is 0.0625. The molecule has 0 radical (unpaired) electrons. The molecule has 0 saturated carbocycles. The van der Waals surface area contributed by atoms with Gasteiger partial charge < -0.3 is 24.4 Å². The van der Waals surface area contributed by atoms with Gasteiger partial charge in [-0.25, -0.2) is 4.79 Å². The Labute approximate surface area is 164 Å². The van der Waals surface area contributed by atoms with Gasteiger partial charge in [-0.3, -0.25) is 4.79 Å². The maximum absolute atomic E-state index is 12.4. The third kappa shape index (κ3) is 4.94. The molecule has 3 rings (SSSR count). The van der Waals surface area contributed by atoms with Crippen LogP contribution in [0.3, 0.4) is 0 Å². The van der Waals surface area contributed by atoms with E-state index < -0.39 is 5.97 Å². The first kappa shape index (κ1) is 19.5. The Morgan fingerprint density at radius 2 is 1.68 bits per heavy atom. The van der Waals surface area contributed by atoms with Crippen LogP contribution in [0.25, 0.3) is 0 Å². The standard InChI is InChI=1S/C21H24N2O5/c1-27-18-5-7-19(8-6-18)28-14-9-20(24)23-12-10-22(11-13-23)17-4-2-3-16(15-17)21(25)26/h2-8,15H,9-14H2,1H3,(H,25,26). The number of hydrogen-bond donors (Lipinski definition) is 1. The van der Waals surface area contributed by atoms with Crippen molar-refractivity contribution in [1.29, 1.82) is 0 Å². The third-order valence-electron chi connectivity index (χ3n) is 4.73. The Balaban J connectivity index is 1.44. The molecule has 0 aliphatic carbocycles. The maximum atomic E-state index is 12.4. The molecule has 7 heteroatoms. The zero-order chi connectivity index (χ0) is 19.9. The van der Waals surface area contributed by atoms with Crippen molar-refractivity contribution in [1.82, 2.24) is 4.90 Å². The minimum Gasteiger partial charge on any atom is -0.497 e. The summed E-state index contributed by atoms with van der Waals surface area (Å²) >= 11 is 0. The van der Waals surface area contributed by atoms with Crippen LogP contribution in [0.5, 0.6) is 11.5 Å². The van der Waals surface area contributed by atoms with E-state index in [9.17, 15) is 9.59 Å². The number of aromatic carboxylic acids is 1. The number of methoxy groups -OCH3 is 1. The van der Waals surface area contributed by atoms with E-state index in [0.717, 1.165) is 11.4 Å². The molecule has 0 unspecified atom stereocenters. The lowest BCUT2D eigenvalue weighted by atomic mass is 10.1. The highest BCUT2D eigenvalue weighted by Crippen LogP contribution is 2.19. The number of ether oxygens (including phenoxy) is 2. The SMILES string of the molecule is COc1ccc(OCCC(=O)N2CCN(c3cccc(C(=O)O)c3)CC2)cc1. The lowest BCUT2D eigenvalue weighted by Gasteiger charge is -2.36. The number of carbonyl (C=O) groups is 2. The van der Waals surface area contributed by atoms with Crippen molar-refractivity contribution in [2.45, 2.75) is 6.42 Å². The van der Waals surface area contributed by atoms with Crippen LogP contribution >= 0.6 is 0 Å². The van der Waals surface area contributed by atoms with Gasteiger partial charge >= 0.3 is 5.97 Å². The van der Waals surface area contributed by atoms with E-state index in [2.05, 4.69) is 4.90 Å². The van der Waals surface area contributed by atoms with Gasteiger partial charge in [0.2, 0.25) is 5.91 Å². The van der Waals surface area contributed by atoms with Crippen LogP contribution in [0.4, 0.5) is 5.69 Å². The van der Waals surface area contributed by atoms with Crippen molar-refractivity contribution in [3.63, 3.8) is 0 Å². The van der Waals surface area contributed by atoms with Crippen LogP contribution in [0, 0.1) is 0 Å². The van der Waals surface area contributed by atoms with Gasteiger partial charge in [-0.05, 0) is 42.5 Å². The van der Waals surface area contributed by atoms with E-state index in [1.165, 1.54) is 0 Å². The fourth-order valence-electron chi connectivity index (χ4n) is 3.14. The summed E-state index contributed by atoms with van der Waals surface area (Å²) in [6.07, 6.45) is 0.320. The lowest BCUT2D eigenvalue weighted by molar-refractivity contribution is -0.132. The molecule has 1 heterocycles. The van der Waals surface area contributed by atoms with E-state index in [-0.39, 0.29) is 11.5 Å². The van der Waals surface area contributed by atoms with E-state index >= 15 is 0 Å². The second kappa shape index (κ2) is 9.12. The van der Waals surface area contributed by atoms with E-state index in [1.54, 1.807) is 25.3 Å². The number of benzene rings is 2. The summed E-state index contributed by atoms with van der Waals surface area (Å²) in [7, 11) is 1.61. The Kier molecular flexibility index (Phi) is 6.37. The molecule has 148 valence electrons. The molecule has 1 aliphatic heterocycles. The van der Waals surface area contributed by atoms with Crippen LogP contribution in [0.2, 0.25) is 0 Å². The van der Waals surface area contributed by atoms with Crippen molar-refractivity contribution in [2.24, 2.45) is 0 Å². The topological polar surface area (TPSA) is 79.3 Å². The second-order valence-electron chi connectivity index (χ2n) is 6.50. The highest BCUT2D eigenvalue weighted by atomic mass is 16.5. The number of piperazine rings is 1. The molecule has 2 aromatic carbocycles. The van der Waals surface area contributed by atoms with E-state index in [1.807, 2.05) is 35.2 Å². The monoisotopic (exact) mass is 384 g/mol. The third-order valence-corrected chi connectivity index (χ3v) is 4.73. The molecular formula is C21H24N2O5. The predicted molar refractivity (Wildman–Crippen MR) is 105 cm³/mol. The molecule has 0 bridgehead atoms. The van der Waals surface area contributed by atoms with Gasteiger partial charge in [0.05, 0.1) is 25.7 Å². The Hall–Kier alpha value is -3.22. The van der Waals surface area contributed by atoms with Gasteiger partial charge in [-0.2, -0.15) is 0 Å². The molecule has 0 atom stereocenters. The maximum Gasteiger partial charge on any atom is 0.335 e. The largest absolute Gasteiger partial charge is 0.497 e. The number of rotatable bonds is 7.